The minimum Gasteiger partial charge on any atom is -0.508 e. The third-order valence-electron chi connectivity index (χ3n) is 9.30. The standard InChI is InChI=1S/C33H40O20/c1-10-19(38)29(52-32-25(44)23(42)20(39)16(8-34)50-32)27(46)31(48-10)47-9-17-21(40)24(43)26(45)33(51-17)53-30-22(41)18-14(37)6-13(36)7-15(18)49-28(30)11-2-4-12(35)5-3-11/h2-7,10,16-17,19-21,23-27,29,31-40,42-46H,8-9H2,1H3/t10-,16+,17+,19-,20+,21-,23-,24-,25+,26+,27+,29+,31+,32-,33-/m0/s1. The van der Waals surface area contributed by atoms with Gasteiger partial charge in [-0.05, 0) is 31.2 Å². The van der Waals surface area contributed by atoms with E-state index in [9.17, 15) is 66.1 Å². The SMILES string of the molecule is C[C@@H]1O[C@@H](OC[C@H]2O[C@@H](Oc3c(-c4ccc(O)cc4)oc4cc(O)cc(O)c4c3=O)[C@H](O)[C@@H](O)[C@H]2O)[C@H](O)[C@H](O[C@@H]2O[C@H](CO)[C@@H](O)[C@H](O)[C@H]2O)[C@H]1O. The van der Waals surface area contributed by atoms with Crippen molar-refractivity contribution in [1.82, 2.24) is 0 Å². The van der Waals surface area contributed by atoms with Crippen molar-refractivity contribution in [2.24, 2.45) is 0 Å². The Morgan fingerprint density at radius 1 is 0.679 bits per heavy atom. The monoisotopic (exact) mass is 756 g/mol. The maximum Gasteiger partial charge on any atom is 0.239 e. The summed E-state index contributed by atoms with van der Waals surface area (Å²) in [5, 5.41) is 124. The topological polar surface area (TPSA) is 328 Å². The van der Waals surface area contributed by atoms with Gasteiger partial charge < -0.3 is 94.1 Å². The average molecular weight is 757 g/mol. The molecule has 3 aliphatic rings. The molecule has 0 spiro atoms. The van der Waals surface area contributed by atoms with Crippen LogP contribution in [0.2, 0.25) is 0 Å². The van der Waals surface area contributed by atoms with Crippen molar-refractivity contribution in [2.75, 3.05) is 13.2 Å². The largest absolute Gasteiger partial charge is 0.508 e. The van der Waals surface area contributed by atoms with Gasteiger partial charge >= 0.3 is 0 Å². The third-order valence-corrected chi connectivity index (χ3v) is 9.30. The maximum absolute atomic E-state index is 13.7. The van der Waals surface area contributed by atoms with Gasteiger partial charge in [-0.2, -0.15) is 0 Å². The quantitative estimate of drug-likeness (QED) is 0.100. The van der Waals surface area contributed by atoms with Crippen molar-refractivity contribution in [3.63, 3.8) is 0 Å². The summed E-state index contributed by atoms with van der Waals surface area (Å²) >= 11 is 0. The number of benzene rings is 2. The highest BCUT2D eigenvalue weighted by Gasteiger charge is 2.51. The molecule has 0 aliphatic carbocycles. The van der Waals surface area contributed by atoms with E-state index in [1.807, 2.05) is 0 Å². The second-order valence-electron chi connectivity index (χ2n) is 12.9. The molecular weight excluding hydrogens is 716 g/mol. The molecule has 12 N–H and O–H groups in total. The highest BCUT2D eigenvalue weighted by atomic mass is 16.7. The van der Waals surface area contributed by atoms with Gasteiger partial charge in [0.1, 0.15) is 95.4 Å². The molecule has 15 atom stereocenters. The lowest BCUT2D eigenvalue weighted by Gasteiger charge is -2.46. The smallest absolute Gasteiger partial charge is 0.239 e. The zero-order valence-corrected chi connectivity index (χ0v) is 27.7. The predicted molar refractivity (Wildman–Crippen MR) is 171 cm³/mol. The number of aliphatic hydroxyl groups excluding tert-OH is 9. The van der Waals surface area contributed by atoms with Gasteiger partial charge in [0.2, 0.25) is 17.5 Å². The van der Waals surface area contributed by atoms with E-state index in [-0.39, 0.29) is 22.7 Å². The zero-order chi connectivity index (χ0) is 38.5. The fraction of sp³-hybridized carbons (Fsp3) is 0.545. The van der Waals surface area contributed by atoms with E-state index in [2.05, 4.69) is 0 Å². The summed E-state index contributed by atoms with van der Waals surface area (Å²) in [6.07, 6.45) is -25.6. The number of phenolic OH excluding ortho intramolecular Hbond substituents is 3. The molecule has 292 valence electrons. The van der Waals surface area contributed by atoms with Crippen molar-refractivity contribution in [3.05, 3.63) is 46.6 Å². The van der Waals surface area contributed by atoms with Gasteiger partial charge in [0.05, 0.1) is 19.3 Å². The van der Waals surface area contributed by atoms with Crippen LogP contribution >= 0.6 is 0 Å². The Morgan fingerprint density at radius 3 is 1.96 bits per heavy atom. The molecule has 3 aromatic rings. The molecule has 0 saturated carbocycles. The Labute approximate surface area is 298 Å². The van der Waals surface area contributed by atoms with Gasteiger partial charge in [-0.3, -0.25) is 4.79 Å². The van der Waals surface area contributed by atoms with Gasteiger partial charge in [-0.25, -0.2) is 0 Å². The molecule has 4 heterocycles. The van der Waals surface area contributed by atoms with E-state index in [1.54, 1.807) is 0 Å². The second-order valence-corrected chi connectivity index (χ2v) is 12.9. The summed E-state index contributed by atoms with van der Waals surface area (Å²) in [5.74, 6) is -2.19. The second kappa shape index (κ2) is 15.6. The average Bonchev–Trinajstić information content (AvgIpc) is 3.12. The molecule has 3 aliphatic heterocycles. The number of rotatable bonds is 9. The predicted octanol–water partition coefficient (Wildman–Crippen LogP) is -3.57. The molecule has 1 aromatic heterocycles. The van der Waals surface area contributed by atoms with Crippen molar-refractivity contribution < 1.29 is 94.1 Å². The third kappa shape index (κ3) is 7.52. The highest BCUT2D eigenvalue weighted by molar-refractivity contribution is 5.88. The molecule has 3 fully saturated rings. The Morgan fingerprint density at radius 2 is 1.30 bits per heavy atom. The molecular formula is C33H40O20. The minimum absolute atomic E-state index is 0.136. The van der Waals surface area contributed by atoms with Gasteiger partial charge in [0, 0.05) is 17.7 Å². The van der Waals surface area contributed by atoms with E-state index < -0.39 is 133 Å². The molecule has 0 amide bonds. The van der Waals surface area contributed by atoms with E-state index in [0.717, 1.165) is 12.1 Å². The number of aliphatic hydroxyl groups is 9. The number of hydrogen-bond acceptors (Lipinski definition) is 20. The number of phenols is 3. The van der Waals surface area contributed by atoms with E-state index in [4.69, 9.17) is 32.8 Å². The van der Waals surface area contributed by atoms with Crippen LogP contribution in [-0.4, -0.2) is 167 Å². The van der Waals surface area contributed by atoms with Crippen LogP contribution in [0.5, 0.6) is 23.0 Å². The lowest BCUT2D eigenvalue weighted by Crippen LogP contribution is -2.64. The molecule has 0 unspecified atom stereocenters. The number of fused-ring (bicyclic) bond motifs is 1. The highest BCUT2D eigenvalue weighted by Crippen LogP contribution is 2.38. The minimum atomic E-state index is -2.00. The molecule has 53 heavy (non-hydrogen) atoms. The number of ether oxygens (including phenoxy) is 6. The fourth-order valence-corrected chi connectivity index (χ4v) is 6.27. The van der Waals surface area contributed by atoms with Gasteiger partial charge in [-0.15, -0.1) is 0 Å². The fourth-order valence-electron chi connectivity index (χ4n) is 6.27. The normalized spacial score (nSPS) is 37.8. The first-order valence-corrected chi connectivity index (χ1v) is 16.4. The van der Waals surface area contributed by atoms with E-state index in [0.29, 0.717) is 0 Å². The summed E-state index contributed by atoms with van der Waals surface area (Å²) in [6, 6.07) is 7.18. The molecule has 0 radical (unpaired) electrons. The Hall–Kier alpha value is -3.71. The summed E-state index contributed by atoms with van der Waals surface area (Å²) in [5.41, 5.74) is -1.09. The van der Waals surface area contributed by atoms with E-state index in [1.165, 1.54) is 31.2 Å². The Kier molecular flexibility index (Phi) is 11.5. The van der Waals surface area contributed by atoms with Crippen molar-refractivity contribution in [3.8, 4) is 34.3 Å². The van der Waals surface area contributed by atoms with Crippen molar-refractivity contribution >= 4 is 11.0 Å². The first-order chi connectivity index (χ1) is 25.1. The first-order valence-electron chi connectivity index (χ1n) is 16.4. The molecule has 2 aromatic carbocycles. The van der Waals surface area contributed by atoms with Gasteiger partial charge in [0.25, 0.3) is 0 Å². The maximum atomic E-state index is 13.7. The Bertz CT molecular complexity index is 1780. The van der Waals surface area contributed by atoms with Crippen molar-refractivity contribution in [2.45, 2.75) is 99.0 Å². The summed E-state index contributed by atoms with van der Waals surface area (Å²) < 4.78 is 39.4. The molecule has 20 heteroatoms. The molecule has 20 nitrogen and oxygen atoms in total. The van der Waals surface area contributed by atoms with Crippen LogP contribution in [0.15, 0.2) is 45.6 Å². The van der Waals surface area contributed by atoms with E-state index >= 15 is 0 Å². The molecule has 0 bridgehead atoms. The zero-order valence-electron chi connectivity index (χ0n) is 27.7. The first kappa shape index (κ1) is 39.0. The van der Waals surface area contributed by atoms with Crippen molar-refractivity contribution in [1.29, 1.82) is 0 Å². The molecule has 3 saturated heterocycles. The van der Waals surface area contributed by atoms with Gasteiger partial charge in [0.15, 0.2) is 18.3 Å². The van der Waals surface area contributed by atoms with Crippen LogP contribution in [0.1, 0.15) is 6.92 Å². The van der Waals surface area contributed by atoms with Crippen LogP contribution < -0.4 is 10.2 Å². The Balaban J connectivity index is 1.22. The summed E-state index contributed by atoms with van der Waals surface area (Å²) in [6.45, 7) is -0.0799. The number of aromatic hydroxyl groups is 3. The van der Waals surface area contributed by atoms with Crippen LogP contribution in [0.25, 0.3) is 22.3 Å². The van der Waals surface area contributed by atoms with Crippen LogP contribution in [0.4, 0.5) is 0 Å². The van der Waals surface area contributed by atoms with Crippen LogP contribution in [0, 0.1) is 0 Å². The lowest BCUT2D eigenvalue weighted by molar-refractivity contribution is -0.361. The summed E-state index contributed by atoms with van der Waals surface area (Å²) in [4.78, 5) is 13.7. The summed E-state index contributed by atoms with van der Waals surface area (Å²) in [7, 11) is 0. The van der Waals surface area contributed by atoms with Gasteiger partial charge in [-0.1, -0.05) is 0 Å². The van der Waals surface area contributed by atoms with Crippen LogP contribution in [-0.2, 0) is 23.7 Å². The van der Waals surface area contributed by atoms with Crippen LogP contribution in [0.3, 0.4) is 0 Å². The lowest BCUT2D eigenvalue weighted by atomic mass is 9.97. The molecule has 6 rings (SSSR count). The number of hydrogen-bond donors (Lipinski definition) is 12.